The van der Waals surface area contributed by atoms with Gasteiger partial charge in [0.25, 0.3) is 5.91 Å². The molecule has 1 fully saturated rings. The molecular weight excluding hydrogens is 270 g/mol. The minimum Gasteiger partial charge on any atom is -0.493 e. The maximum Gasteiger partial charge on any atom is 0.251 e. The quantitative estimate of drug-likeness (QED) is 0.872. The summed E-state index contributed by atoms with van der Waals surface area (Å²) in [5.41, 5.74) is 0.561. The Morgan fingerprint density at radius 3 is 2.62 bits per heavy atom. The van der Waals surface area contributed by atoms with Gasteiger partial charge in [-0.25, -0.2) is 0 Å². The Morgan fingerprint density at radius 1 is 1.29 bits per heavy atom. The Hall–Kier alpha value is -1.75. The first-order valence-electron chi connectivity index (χ1n) is 7.43. The summed E-state index contributed by atoms with van der Waals surface area (Å²) in [5.74, 6) is 1.08. The van der Waals surface area contributed by atoms with Crippen LogP contribution in [-0.4, -0.2) is 36.9 Å². The summed E-state index contributed by atoms with van der Waals surface area (Å²) in [6.45, 7) is 2.40. The van der Waals surface area contributed by atoms with Crippen LogP contribution < -0.4 is 14.8 Å². The van der Waals surface area contributed by atoms with E-state index in [1.807, 2.05) is 6.92 Å². The van der Waals surface area contributed by atoms with Crippen LogP contribution in [0.4, 0.5) is 0 Å². The minimum atomic E-state index is -0.219. The molecule has 0 unspecified atom stereocenters. The Kier molecular flexibility index (Phi) is 5.44. The fourth-order valence-electron chi connectivity index (χ4n) is 2.58. The van der Waals surface area contributed by atoms with E-state index >= 15 is 0 Å². The van der Waals surface area contributed by atoms with Crippen LogP contribution in [0.5, 0.6) is 11.5 Å². The molecule has 0 spiro atoms. The van der Waals surface area contributed by atoms with E-state index in [0.717, 1.165) is 25.7 Å². The first-order chi connectivity index (χ1) is 10.1. The average Bonchev–Trinajstić information content (AvgIpc) is 2.50. The molecule has 0 heterocycles. The zero-order valence-electron chi connectivity index (χ0n) is 12.6. The molecular formula is C16H23NO4. The second-order valence-electron chi connectivity index (χ2n) is 5.28. The van der Waals surface area contributed by atoms with Crippen LogP contribution in [0.25, 0.3) is 0 Å². The van der Waals surface area contributed by atoms with Crippen molar-refractivity contribution < 1.29 is 19.4 Å². The van der Waals surface area contributed by atoms with Crippen LogP contribution in [0.1, 0.15) is 43.0 Å². The molecule has 1 aromatic carbocycles. The van der Waals surface area contributed by atoms with Gasteiger partial charge in [0, 0.05) is 11.6 Å². The molecule has 0 bridgehead atoms. The minimum absolute atomic E-state index is 0.111. The maximum absolute atomic E-state index is 12.3. The predicted octanol–water partition coefficient (Wildman–Crippen LogP) is 2.13. The van der Waals surface area contributed by atoms with Crippen LogP contribution in [-0.2, 0) is 0 Å². The highest BCUT2D eigenvalue weighted by Gasteiger charge is 2.21. The number of benzene rings is 1. The third kappa shape index (κ3) is 4.11. The summed E-state index contributed by atoms with van der Waals surface area (Å²) in [4.78, 5) is 12.3. The Labute approximate surface area is 125 Å². The summed E-state index contributed by atoms with van der Waals surface area (Å²) in [7, 11) is 1.57. The van der Waals surface area contributed by atoms with Gasteiger partial charge in [-0.1, -0.05) is 0 Å². The number of hydrogen-bond donors (Lipinski definition) is 2. The third-order valence-electron chi connectivity index (χ3n) is 3.76. The van der Waals surface area contributed by atoms with Gasteiger partial charge in [-0.05, 0) is 50.8 Å². The van der Waals surface area contributed by atoms with E-state index in [-0.39, 0.29) is 18.1 Å². The van der Waals surface area contributed by atoms with Crippen molar-refractivity contribution in [2.75, 3.05) is 13.7 Å². The van der Waals surface area contributed by atoms with Gasteiger partial charge in [0.1, 0.15) is 0 Å². The van der Waals surface area contributed by atoms with Gasteiger partial charge in [-0.2, -0.15) is 0 Å². The number of aliphatic hydroxyl groups excluding tert-OH is 1. The summed E-state index contributed by atoms with van der Waals surface area (Å²) in [5, 5.41) is 12.5. The monoisotopic (exact) mass is 293 g/mol. The van der Waals surface area contributed by atoms with E-state index in [4.69, 9.17) is 9.47 Å². The molecule has 1 aliphatic carbocycles. The van der Waals surface area contributed by atoms with Crippen LogP contribution in [0.2, 0.25) is 0 Å². The van der Waals surface area contributed by atoms with Gasteiger partial charge in [0.05, 0.1) is 19.8 Å². The van der Waals surface area contributed by atoms with Crippen molar-refractivity contribution in [3.05, 3.63) is 23.8 Å². The first-order valence-corrected chi connectivity index (χ1v) is 7.43. The van der Waals surface area contributed by atoms with E-state index < -0.39 is 0 Å². The molecule has 0 atom stereocenters. The van der Waals surface area contributed by atoms with Crippen molar-refractivity contribution in [3.63, 3.8) is 0 Å². The molecule has 5 nitrogen and oxygen atoms in total. The fourth-order valence-corrected chi connectivity index (χ4v) is 2.58. The molecule has 0 aliphatic heterocycles. The summed E-state index contributed by atoms with van der Waals surface area (Å²) < 4.78 is 10.7. The molecule has 1 saturated carbocycles. The van der Waals surface area contributed by atoms with E-state index in [9.17, 15) is 9.90 Å². The molecule has 2 N–H and O–H groups in total. The number of rotatable bonds is 5. The van der Waals surface area contributed by atoms with Gasteiger partial charge in [0.2, 0.25) is 0 Å². The topological polar surface area (TPSA) is 67.8 Å². The summed E-state index contributed by atoms with van der Waals surface area (Å²) >= 11 is 0. The second kappa shape index (κ2) is 7.31. The number of hydrogen-bond acceptors (Lipinski definition) is 4. The number of nitrogens with one attached hydrogen (secondary N) is 1. The van der Waals surface area contributed by atoms with Gasteiger partial charge < -0.3 is 19.9 Å². The Morgan fingerprint density at radius 2 is 2.00 bits per heavy atom. The van der Waals surface area contributed by atoms with Crippen LogP contribution in [0, 0.1) is 0 Å². The molecule has 1 aliphatic rings. The van der Waals surface area contributed by atoms with E-state index in [1.54, 1.807) is 25.3 Å². The standard InChI is InChI=1S/C16H23NO4/c1-3-21-15-10-11(4-9-14(15)20-2)16(19)17-12-5-7-13(18)8-6-12/h4,9-10,12-13,18H,3,5-8H2,1-2H3,(H,17,19). The molecule has 1 amide bonds. The lowest BCUT2D eigenvalue weighted by molar-refractivity contribution is 0.0867. The first kappa shape index (κ1) is 15.6. The lowest BCUT2D eigenvalue weighted by Crippen LogP contribution is -2.38. The lowest BCUT2D eigenvalue weighted by Gasteiger charge is -2.26. The largest absolute Gasteiger partial charge is 0.493 e. The van der Waals surface area contributed by atoms with Crippen molar-refractivity contribution >= 4 is 5.91 Å². The van der Waals surface area contributed by atoms with Gasteiger partial charge in [0.15, 0.2) is 11.5 Å². The van der Waals surface area contributed by atoms with Crippen molar-refractivity contribution in [1.82, 2.24) is 5.32 Å². The van der Waals surface area contributed by atoms with Crippen molar-refractivity contribution in [2.45, 2.75) is 44.8 Å². The van der Waals surface area contributed by atoms with E-state index in [1.165, 1.54) is 0 Å². The number of amides is 1. The lowest BCUT2D eigenvalue weighted by atomic mass is 9.93. The number of ether oxygens (including phenoxy) is 2. The zero-order valence-corrected chi connectivity index (χ0v) is 12.6. The van der Waals surface area contributed by atoms with E-state index in [0.29, 0.717) is 23.7 Å². The third-order valence-corrected chi connectivity index (χ3v) is 3.76. The molecule has 1 aromatic rings. The predicted molar refractivity (Wildman–Crippen MR) is 79.9 cm³/mol. The SMILES string of the molecule is CCOc1cc(C(=O)NC2CCC(O)CC2)ccc1OC. The second-order valence-corrected chi connectivity index (χ2v) is 5.28. The van der Waals surface area contributed by atoms with Gasteiger partial charge >= 0.3 is 0 Å². The smallest absolute Gasteiger partial charge is 0.251 e. The van der Waals surface area contributed by atoms with Crippen LogP contribution in [0.15, 0.2) is 18.2 Å². The number of aliphatic hydroxyl groups is 1. The van der Waals surface area contributed by atoms with Crippen molar-refractivity contribution in [1.29, 1.82) is 0 Å². The highest BCUT2D eigenvalue weighted by atomic mass is 16.5. The molecule has 0 aromatic heterocycles. The van der Waals surface area contributed by atoms with Crippen molar-refractivity contribution in [3.8, 4) is 11.5 Å². The zero-order chi connectivity index (χ0) is 15.2. The van der Waals surface area contributed by atoms with E-state index in [2.05, 4.69) is 5.32 Å². The van der Waals surface area contributed by atoms with Crippen LogP contribution >= 0.6 is 0 Å². The molecule has 2 rings (SSSR count). The molecule has 0 radical (unpaired) electrons. The number of carbonyl (C=O) groups excluding carboxylic acids is 1. The molecule has 0 saturated heterocycles. The molecule has 21 heavy (non-hydrogen) atoms. The Balaban J connectivity index is 2.03. The van der Waals surface area contributed by atoms with Crippen molar-refractivity contribution in [2.24, 2.45) is 0 Å². The van der Waals surface area contributed by atoms with Crippen LogP contribution in [0.3, 0.4) is 0 Å². The normalized spacial score (nSPS) is 21.7. The highest BCUT2D eigenvalue weighted by Crippen LogP contribution is 2.28. The maximum atomic E-state index is 12.3. The van der Waals surface area contributed by atoms with Gasteiger partial charge in [-0.3, -0.25) is 4.79 Å². The highest BCUT2D eigenvalue weighted by molar-refractivity contribution is 5.95. The fraction of sp³-hybridized carbons (Fsp3) is 0.562. The molecule has 116 valence electrons. The summed E-state index contributed by atoms with van der Waals surface area (Å²) in [6, 6.07) is 5.31. The number of methoxy groups -OCH3 is 1. The summed E-state index contributed by atoms with van der Waals surface area (Å²) in [6.07, 6.45) is 2.92. The molecule has 5 heteroatoms. The Bertz CT molecular complexity index is 481. The number of carbonyl (C=O) groups is 1. The average molecular weight is 293 g/mol. The van der Waals surface area contributed by atoms with Gasteiger partial charge in [-0.15, -0.1) is 0 Å².